The molecule has 7 heavy (non-hydrogen) atoms. The fraction of sp³-hybridized carbons (Fsp3) is 0.667. The molecule has 0 bridgehead atoms. The maximum atomic E-state index is 11.1. The van der Waals surface area contributed by atoms with E-state index < -0.39 is 11.9 Å². The van der Waals surface area contributed by atoms with E-state index in [1.807, 2.05) is 0 Å². The van der Waals surface area contributed by atoms with Crippen LogP contribution in [-0.2, 0) is 4.79 Å². The molecule has 0 fully saturated rings. The lowest BCUT2D eigenvalue weighted by atomic mass is 10.4. The first-order valence-electron chi connectivity index (χ1n) is 1.56. The van der Waals surface area contributed by atoms with Gasteiger partial charge >= 0.3 is 6.11 Å². The molecule has 0 saturated heterocycles. The Hall–Kier alpha value is -0.510. The molecule has 0 rings (SSSR count). The number of Topliss-reactive ketones (excluding diaryl/α,β-unsaturated/α-hetero) is 1. The first-order valence-corrected chi connectivity index (χ1v) is 1.56. The first-order chi connectivity index (χ1) is 2.94. The molecular weight excluding hydrogens is 106 g/mol. The molecule has 0 atom stereocenters. The van der Waals surface area contributed by atoms with Crippen molar-refractivity contribution in [1.29, 1.82) is 0 Å². The molecule has 0 aliphatic rings. The summed E-state index contributed by atoms with van der Waals surface area (Å²) in [5, 5.41) is 7.41. The maximum absolute atomic E-state index is 11.1. The third kappa shape index (κ3) is 2.22. The van der Waals surface area contributed by atoms with Crippen LogP contribution in [0.3, 0.4) is 0 Å². The molecule has 0 aromatic rings. The predicted octanol–water partition coefficient (Wildman–Crippen LogP) is 0.161. The van der Waals surface area contributed by atoms with Crippen LogP contribution in [0, 0.1) is 0 Å². The first kappa shape index (κ1) is 6.49. The van der Waals surface area contributed by atoms with Gasteiger partial charge in [0.1, 0.15) is 0 Å². The van der Waals surface area contributed by atoms with Crippen molar-refractivity contribution in [2.75, 3.05) is 0 Å². The van der Waals surface area contributed by atoms with Crippen LogP contribution in [0.1, 0.15) is 6.92 Å². The van der Waals surface area contributed by atoms with Crippen LogP contribution in [0.4, 0.5) is 8.78 Å². The molecule has 0 aromatic heterocycles. The van der Waals surface area contributed by atoms with E-state index in [2.05, 4.69) is 0 Å². The van der Waals surface area contributed by atoms with Crippen molar-refractivity contribution in [1.82, 2.24) is 0 Å². The van der Waals surface area contributed by atoms with Gasteiger partial charge in [0, 0.05) is 6.92 Å². The number of carbonyl (C=O) groups is 1. The third-order valence-corrected chi connectivity index (χ3v) is 0.424. The smallest absolute Gasteiger partial charge is 0.330 e. The zero-order valence-electron chi connectivity index (χ0n) is 3.61. The van der Waals surface area contributed by atoms with Gasteiger partial charge in [-0.2, -0.15) is 8.78 Å². The van der Waals surface area contributed by atoms with E-state index in [0.29, 0.717) is 6.92 Å². The van der Waals surface area contributed by atoms with E-state index in [-0.39, 0.29) is 0 Å². The Bertz CT molecular complexity index is 83.4. The fourth-order valence-electron chi connectivity index (χ4n) is 0. The molecule has 0 amide bonds. The Kier molecular flexibility index (Phi) is 1.42. The van der Waals surface area contributed by atoms with Crippen molar-refractivity contribution in [2.45, 2.75) is 13.0 Å². The lowest BCUT2D eigenvalue weighted by molar-refractivity contribution is -0.200. The summed E-state index contributed by atoms with van der Waals surface area (Å²) in [5.41, 5.74) is 0. The van der Waals surface area contributed by atoms with E-state index >= 15 is 0 Å². The molecular formula is C3H4F2O2. The second-order valence-electron chi connectivity index (χ2n) is 1.10. The molecule has 0 aliphatic carbocycles. The highest BCUT2D eigenvalue weighted by Crippen LogP contribution is 2.07. The molecule has 0 spiro atoms. The van der Waals surface area contributed by atoms with E-state index in [4.69, 9.17) is 5.11 Å². The van der Waals surface area contributed by atoms with Gasteiger partial charge in [-0.25, -0.2) is 0 Å². The average Bonchev–Trinajstić information content (AvgIpc) is 1.31. The fourth-order valence-corrected chi connectivity index (χ4v) is 0. The number of carbonyl (C=O) groups excluding carboxylic acids is 1. The predicted molar refractivity (Wildman–Crippen MR) is 17.8 cm³/mol. The largest absolute Gasteiger partial charge is 0.413 e. The SMILES string of the molecule is CC(=O)C(O)(F)F. The third-order valence-electron chi connectivity index (χ3n) is 0.424. The average molecular weight is 110 g/mol. The van der Waals surface area contributed by atoms with Crippen molar-refractivity contribution in [3.05, 3.63) is 0 Å². The van der Waals surface area contributed by atoms with Gasteiger partial charge in [0.2, 0.25) is 5.78 Å². The number of ketones is 1. The quantitative estimate of drug-likeness (QED) is 0.522. The number of alkyl halides is 2. The van der Waals surface area contributed by atoms with Gasteiger partial charge in [-0.1, -0.05) is 0 Å². The van der Waals surface area contributed by atoms with Crippen LogP contribution in [0.15, 0.2) is 0 Å². The molecule has 0 aliphatic heterocycles. The van der Waals surface area contributed by atoms with E-state index in [1.54, 1.807) is 0 Å². The minimum atomic E-state index is -4.14. The zero-order valence-corrected chi connectivity index (χ0v) is 3.61. The van der Waals surface area contributed by atoms with Gasteiger partial charge in [0.05, 0.1) is 0 Å². The summed E-state index contributed by atoms with van der Waals surface area (Å²) in [7, 11) is 0. The Labute approximate surface area is 38.8 Å². The van der Waals surface area contributed by atoms with E-state index in [0.717, 1.165) is 0 Å². The summed E-state index contributed by atoms with van der Waals surface area (Å²) in [6, 6.07) is 0. The molecule has 0 saturated carbocycles. The molecule has 42 valence electrons. The van der Waals surface area contributed by atoms with Gasteiger partial charge in [-0.15, -0.1) is 0 Å². The topological polar surface area (TPSA) is 37.3 Å². The maximum Gasteiger partial charge on any atom is 0.413 e. The van der Waals surface area contributed by atoms with E-state index in [1.165, 1.54) is 0 Å². The highest BCUT2D eigenvalue weighted by molar-refractivity contribution is 5.81. The van der Waals surface area contributed by atoms with Gasteiger partial charge in [-0.05, 0) is 0 Å². The minimum absolute atomic E-state index is 0.611. The summed E-state index contributed by atoms with van der Waals surface area (Å²) in [4.78, 5) is 9.47. The second-order valence-corrected chi connectivity index (χ2v) is 1.10. The van der Waals surface area contributed by atoms with Crippen molar-refractivity contribution < 1.29 is 18.7 Å². The van der Waals surface area contributed by atoms with Crippen LogP contribution in [0.25, 0.3) is 0 Å². The van der Waals surface area contributed by atoms with Crippen molar-refractivity contribution in [2.24, 2.45) is 0 Å². The van der Waals surface area contributed by atoms with Crippen LogP contribution in [0.5, 0.6) is 0 Å². The zero-order chi connectivity index (χ0) is 6.08. The Balaban J connectivity index is 3.79. The summed E-state index contributed by atoms with van der Waals surface area (Å²) in [6.07, 6.45) is -4.14. The molecule has 0 radical (unpaired) electrons. The van der Waals surface area contributed by atoms with Crippen molar-refractivity contribution in [3.8, 4) is 0 Å². The van der Waals surface area contributed by atoms with Crippen LogP contribution in [0.2, 0.25) is 0 Å². The highest BCUT2D eigenvalue weighted by atomic mass is 19.3. The van der Waals surface area contributed by atoms with Gasteiger partial charge in [-0.3, -0.25) is 4.79 Å². The highest BCUT2D eigenvalue weighted by Gasteiger charge is 2.30. The number of hydrogen-bond acceptors (Lipinski definition) is 2. The molecule has 0 unspecified atom stereocenters. The molecule has 4 heteroatoms. The molecule has 2 nitrogen and oxygen atoms in total. The molecule has 1 N–H and O–H groups in total. The van der Waals surface area contributed by atoms with Crippen LogP contribution >= 0.6 is 0 Å². The van der Waals surface area contributed by atoms with Gasteiger partial charge < -0.3 is 5.11 Å². The number of aliphatic hydroxyl groups is 1. The van der Waals surface area contributed by atoms with Crippen LogP contribution < -0.4 is 0 Å². The van der Waals surface area contributed by atoms with Gasteiger partial charge in [0.25, 0.3) is 0 Å². The summed E-state index contributed by atoms with van der Waals surface area (Å²) in [5.74, 6) is -1.53. The van der Waals surface area contributed by atoms with Crippen molar-refractivity contribution >= 4 is 5.78 Å². The lowest BCUT2D eigenvalue weighted by Gasteiger charge is -1.99. The second kappa shape index (κ2) is 1.54. The van der Waals surface area contributed by atoms with E-state index in [9.17, 15) is 13.6 Å². The molecule has 0 aromatic carbocycles. The van der Waals surface area contributed by atoms with Gasteiger partial charge in [0.15, 0.2) is 0 Å². The Morgan fingerprint density at radius 3 is 1.86 bits per heavy atom. The standard InChI is InChI=1S/C3H4F2O2/c1-2(6)3(4,5)7/h7H,1H3. The normalized spacial score (nSPS) is 11.4. The summed E-state index contributed by atoms with van der Waals surface area (Å²) >= 11 is 0. The minimum Gasteiger partial charge on any atom is -0.330 e. The number of hydrogen-bond donors (Lipinski definition) is 1. The number of halogens is 2. The van der Waals surface area contributed by atoms with Crippen LogP contribution in [-0.4, -0.2) is 17.0 Å². The summed E-state index contributed by atoms with van der Waals surface area (Å²) < 4.78 is 22.1. The molecule has 0 heterocycles. The van der Waals surface area contributed by atoms with Crippen molar-refractivity contribution in [3.63, 3.8) is 0 Å². The number of rotatable bonds is 1. The Morgan fingerprint density at radius 1 is 1.71 bits per heavy atom. The monoisotopic (exact) mass is 110 g/mol. The Morgan fingerprint density at radius 2 is 1.86 bits per heavy atom. The summed E-state index contributed by atoms with van der Waals surface area (Å²) in [6.45, 7) is 0.611. The lowest BCUT2D eigenvalue weighted by Crippen LogP contribution is -2.24.